The summed E-state index contributed by atoms with van der Waals surface area (Å²) in [6.07, 6.45) is 3.60. The van der Waals surface area contributed by atoms with Gasteiger partial charge in [-0.15, -0.1) is 0 Å². The average molecular weight is 226 g/mol. The van der Waals surface area contributed by atoms with Crippen molar-refractivity contribution in [1.82, 2.24) is 4.98 Å². The fraction of sp³-hybridized carbons (Fsp3) is 0.143. The highest BCUT2D eigenvalue weighted by Gasteiger charge is 1.93. The summed E-state index contributed by atoms with van der Waals surface area (Å²) in [7, 11) is 1.65. The molecule has 0 atom stereocenters. The molecule has 2 rings (SSSR count). The van der Waals surface area contributed by atoms with Crippen LogP contribution in [0.5, 0.6) is 5.75 Å². The summed E-state index contributed by atoms with van der Waals surface area (Å²) in [5.41, 5.74) is 2.85. The number of ether oxygens (including phenoxy) is 1. The monoisotopic (exact) mass is 226 g/mol. The van der Waals surface area contributed by atoms with E-state index in [1.165, 1.54) is 0 Å². The second-order valence-corrected chi connectivity index (χ2v) is 3.69. The molecule has 1 heterocycles. The van der Waals surface area contributed by atoms with Crippen molar-refractivity contribution in [3.63, 3.8) is 0 Å². The lowest BCUT2D eigenvalue weighted by Crippen LogP contribution is -1.85. The second-order valence-electron chi connectivity index (χ2n) is 3.69. The lowest BCUT2D eigenvalue weighted by Gasteiger charge is -1.99. The Hall–Kier alpha value is -2.16. The van der Waals surface area contributed by atoms with Crippen LogP contribution in [0.4, 0.5) is 5.69 Å². The van der Waals surface area contributed by atoms with Crippen molar-refractivity contribution in [3.05, 3.63) is 53.9 Å². The topological polar surface area (TPSA) is 34.5 Å². The Kier molecular flexibility index (Phi) is 3.50. The molecule has 0 fully saturated rings. The Bertz CT molecular complexity index is 518. The Morgan fingerprint density at radius 1 is 1.24 bits per heavy atom. The normalized spacial score (nSPS) is 10.7. The highest BCUT2D eigenvalue weighted by molar-refractivity contribution is 5.81. The van der Waals surface area contributed by atoms with Gasteiger partial charge in [0.25, 0.3) is 0 Å². The smallest absolute Gasteiger partial charge is 0.121 e. The number of benzene rings is 1. The van der Waals surface area contributed by atoms with Crippen LogP contribution in [-0.2, 0) is 0 Å². The van der Waals surface area contributed by atoms with Gasteiger partial charge < -0.3 is 4.74 Å². The van der Waals surface area contributed by atoms with Crippen LogP contribution >= 0.6 is 0 Å². The number of methoxy groups -OCH3 is 1. The van der Waals surface area contributed by atoms with Crippen molar-refractivity contribution in [3.8, 4) is 5.75 Å². The van der Waals surface area contributed by atoms with Gasteiger partial charge in [0, 0.05) is 29.7 Å². The molecule has 0 N–H and O–H groups in total. The number of pyridine rings is 1. The first kappa shape index (κ1) is 11.3. The number of hydrogen-bond acceptors (Lipinski definition) is 3. The molecule has 0 aliphatic carbocycles. The average Bonchev–Trinajstić information content (AvgIpc) is 2.38. The molecule has 0 aliphatic heterocycles. The number of nitrogens with zero attached hydrogens (tertiary/aromatic N) is 2. The van der Waals surface area contributed by atoms with Gasteiger partial charge in [0.15, 0.2) is 0 Å². The third kappa shape index (κ3) is 3.14. The van der Waals surface area contributed by atoms with E-state index in [9.17, 15) is 0 Å². The SMILES string of the molecule is COc1cccc(/N=C\c2ccc(C)nc2)c1. The molecule has 0 radical (unpaired) electrons. The molecule has 17 heavy (non-hydrogen) atoms. The molecular formula is C14H14N2O. The van der Waals surface area contributed by atoms with Gasteiger partial charge in [-0.3, -0.25) is 9.98 Å². The van der Waals surface area contributed by atoms with Crippen molar-refractivity contribution >= 4 is 11.9 Å². The summed E-state index contributed by atoms with van der Waals surface area (Å²) >= 11 is 0. The second kappa shape index (κ2) is 5.25. The number of aliphatic imine (C=N–C) groups is 1. The van der Waals surface area contributed by atoms with E-state index in [-0.39, 0.29) is 0 Å². The summed E-state index contributed by atoms with van der Waals surface area (Å²) in [6, 6.07) is 11.6. The zero-order valence-electron chi connectivity index (χ0n) is 9.92. The van der Waals surface area contributed by atoms with E-state index in [1.807, 2.05) is 43.3 Å². The van der Waals surface area contributed by atoms with E-state index >= 15 is 0 Å². The Labute approximate surface area is 101 Å². The standard InChI is InChI=1S/C14H14N2O/c1-11-6-7-12(9-15-11)10-16-13-4-3-5-14(8-13)17-2/h3-10H,1-2H3/b16-10-. The van der Waals surface area contributed by atoms with E-state index in [1.54, 1.807) is 19.5 Å². The molecule has 0 saturated heterocycles. The van der Waals surface area contributed by atoms with E-state index in [2.05, 4.69) is 9.98 Å². The van der Waals surface area contributed by atoms with Gasteiger partial charge in [-0.1, -0.05) is 12.1 Å². The molecule has 0 unspecified atom stereocenters. The van der Waals surface area contributed by atoms with Crippen LogP contribution in [0.3, 0.4) is 0 Å². The first-order valence-electron chi connectivity index (χ1n) is 5.39. The number of aromatic nitrogens is 1. The molecular weight excluding hydrogens is 212 g/mol. The van der Waals surface area contributed by atoms with Gasteiger partial charge in [-0.05, 0) is 25.1 Å². The van der Waals surface area contributed by atoms with Gasteiger partial charge in [-0.25, -0.2) is 0 Å². The minimum atomic E-state index is 0.807. The molecule has 3 nitrogen and oxygen atoms in total. The summed E-state index contributed by atoms with van der Waals surface area (Å²) in [4.78, 5) is 8.58. The number of aryl methyl sites for hydroxylation is 1. The lowest BCUT2D eigenvalue weighted by molar-refractivity contribution is 0.415. The predicted octanol–water partition coefficient (Wildman–Crippen LogP) is 3.15. The quantitative estimate of drug-likeness (QED) is 0.753. The van der Waals surface area contributed by atoms with Crippen molar-refractivity contribution in [2.45, 2.75) is 6.92 Å². The van der Waals surface area contributed by atoms with Gasteiger partial charge in [0.05, 0.1) is 12.8 Å². The minimum Gasteiger partial charge on any atom is -0.497 e. The first-order chi connectivity index (χ1) is 8.28. The van der Waals surface area contributed by atoms with Gasteiger partial charge in [0.1, 0.15) is 5.75 Å². The molecule has 0 saturated carbocycles. The molecule has 1 aromatic carbocycles. The highest BCUT2D eigenvalue weighted by atomic mass is 16.5. The fourth-order valence-electron chi connectivity index (χ4n) is 1.40. The minimum absolute atomic E-state index is 0.807. The van der Waals surface area contributed by atoms with E-state index < -0.39 is 0 Å². The van der Waals surface area contributed by atoms with Gasteiger partial charge in [-0.2, -0.15) is 0 Å². The fourth-order valence-corrected chi connectivity index (χ4v) is 1.40. The summed E-state index contributed by atoms with van der Waals surface area (Å²) in [5.74, 6) is 0.807. The van der Waals surface area contributed by atoms with Crippen LogP contribution in [-0.4, -0.2) is 18.3 Å². The molecule has 2 aromatic rings. The number of rotatable bonds is 3. The molecule has 0 aliphatic rings. The van der Waals surface area contributed by atoms with Crippen LogP contribution in [0.25, 0.3) is 0 Å². The first-order valence-corrected chi connectivity index (χ1v) is 5.39. The van der Waals surface area contributed by atoms with Crippen LogP contribution in [0.2, 0.25) is 0 Å². The van der Waals surface area contributed by atoms with Crippen molar-refractivity contribution in [2.75, 3.05) is 7.11 Å². The molecule has 86 valence electrons. The Morgan fingerprint density at radius 2 is 2.12 bits per heavy atom. The maximum atomic E-state index is 5.14. The maximum absolute atomic E-state index is 5.14. The maximum Gasteiger partial charge on any atom is 0.121 e. The zero-order chi connectivity index (χ0) is 12.1. The van der Waals surface area contributed by atoms with Crippen molar-refractivity contribution in [2.24, 2.45) is 4.99 Å². The van der Waals surface area contributed by atoms with E-state index in [0.717, 1.165) is 22.7 Å². The molecule has 0 bridgehead atoms. The third-order valence-electron chi connectivity index (χ3n) is 2.35. The summed E-state index contributed by atoms with van der Waals surface area (Å²) in [6.45, 7) is 1.96. The Morgan fingerprint density at radius 3 is 2.82 bits per heavy atom. The van der Waals surface area contributed by atoms with Crippen LogP contribution in [0.1, 0.15) is 11.3 Å². The largest absolute Gasteiger partial charge is 0.497 e. The van der Waals surface area contributed by atoms with Crippen molar-refractivity contribution in [1.29, 1.82) is 0 Å². The lowest BCUT2D eigenvalue weighted by atomic mass is 10.2. The van der Waals surface area contributed by atoms with Crippen LogP contribution < -0.4 is 4.74 Å². The van der Waals surface area contributed by atoms with Gasteiger partial charge in [0.2, 0.25) is 0 Å². The molecule has 0 amide bonds. The van der Waals surface area contributed by atoms with Crippen LogP contribution in [0.15, 0.2) is 47.6 Å². The molecule has 0 spiro atoms. The van der Waals surface area contributed by atoms with E-state index in [0.29, 0.717) is 0 Å². The highest BCUT2D eigenvalue weighted by Crippen LogP contribution is 2.19. The van der Waals surface area contributed by atoms with Gasteiger partial charge >= 0.3 is 0 Å². The predicted molar refractivity (Wildman–Crippen MR) is 69.2 cm³/mol. The molecule has 3 heteroatoms. The summed E-state index contributed by atoms with van der Waals surface area (Å²) < 4.78 is 5.14. The zero-order valence-corrected chi connectivity index (χ0v) is 9.92. The van der Waals surface area contributed by atoms with Crippen molar-refractivity contribution < 1.29 is 4.74 Å². The van der Waals surface area contributed by atoms with E-state index in [4.69, 9.17) is 4.74 Å². The number of hydrogen-bond donors (Lipinski definition) is 0. The third-order valence-corrected chi connectivity index (χ3v) is 2.35. The van der Waals surface area contributed by atoms with Crippen LogP contribution in [0, 0.1) is 6.92 Å². The Balaban J connectivity index is 2.16. The summed E-state index contributed by atoms with van der Waals surface area (Å²) in [5, 5.41) is 0. The molecule has 1 aromatic heterocycles.